The molecule has 3 fully saturated rings. The Hall–Kier alpha value is -1.10. The Morgan fingerprint density at radius 2 is 2.17 bits per heavy atom. The standard InChI is InChI=1S/C20H26O4/c1-19-7-6-15-14-5-3-13(21)10-12(14)2-4-16(15)17(19)11-18(22)20(19)23-8-9-24-20/h3,5,10,15-18,21-22H,2,4,6-9,11H2,1H3/t15?,16-,17?,18-,19+/m1/s1/i2D2,3D,10D,15D. The van der Waals surface area contributed by atoms with Crippen LogP contribution in [0.2, 0.25) is 0 Å². The first-order valence-corrected chi connectivity index (χ1v) is 8.78. The number of hydrogen-bond acceptors (Lipinski definition) is 4. The second-order valence-corrected chi connectivity index (χ2v) is 7.70. The molecule has 1 aliphatic heterocycles. The van der Waals surface area contributed by atoms with Crippen molar-refractivity contribution in [2.24, 2.45) is 17.3 Å². The molecule has 0 aromatic heterocycles. The van der Waals surface area contributed by atoms with Crippen molar-refractivity contribution in [1.29, 1.82) is 0 Å². The molecular formula is C20H26O4. The van der Waals surface area contributed by atoms with E-state index in [0.717, 1.165) is 0 Å². The van der Waals surface area contributed by atoms with Gasteiger partial charge in [0.15, 0.2) is 5.79 Å². The Balaban J connectivity index is 1.68. The highest BCUT2D eigenvalue weighted by Gasteiger charge is 2.69. The molecule has 4 heteroatoms. The zero-order valence-corrected chi connectivity index (χ0v) is 13.8. The monoisotopic (exact) mass is 335 g/mol. The molecular weight excluding hydrogens is 304 g/mol. The lowest BCUT2D eigenvalue weighted by molar-refractivity contribution is -0.270. The van der Waals surface area contributed by atoms with E-state index in [9.17, 15) is 11.6 Å². The number of aliphatic hydroxyl groups excluding tert-OH is 1. The predicted molar refractivity (Wildman–Crippen MR) is 88.7 cm³/mol. The van der Waals surface area contributed by atoms with Gasteiger partial charge < -0.3 is 19.7 Å². The fourth-order valence-corrected chi connectivity index (χ4v) is 5.67. The minimum absolute atomic E-state index is 0.0230. The molecule has 1 aromatic carbocycles. The summed E-state index contributed by atoms with van der Waals surface area (Å²) in [5.74, 6) is -3.45. The van der Waals surface area contributed by atoms with Crippen LogP contribution in [-0.2, 0) is 15.8 Å². The molecule has 1 saturated heterocycles. The van der Waals surface area contributed by atoms with Crippen LogP contribution in [0.1, 0.15) is 56.5 Å². The van der Waals surface area contributed by atoms with Crippen molar-refractivity contribution in [3.8, 4) is 5.75 Å². The highest BCUT2D eigenvalue weighted by Crippen LogP contribution is 2.66. The summed E-state index contributed by atoms with van der Waals surface area (Å²) in [5.41, 5.74) is -0.185. The SMILES string of the molecule is [2H]c1cc2c(c([2H])c1O)C([2H])([2H])C[C@H]1C3C[C@@H](O)C4(OCCO4)[C@@]3(C)CCC21[2H]. The van der Waals surface area contributed by atoms with Gasteiger partial charge in [-0.05, 0) is 73.0 Å². The van der Waals surface area contributed by atoms with Crippen LogP contribution in [0, 0.1) is 17.3 Å². The molecule has 1 heterocycles. The van der Waals surface area contributed by atoms with Crippen LogP contribution in [0.25, 0.3) is 0 Å². The Kier molecular flexibility index (Phi) is 2.23. The van der Waals surface area contributed by atoms with Gasteiger partial charge in [0.2, 0.25) is 0 Å². The van der Waals surface area contributed by atoms with Crippen LogP contribution >= 0.6 is 0 Å². The summed E-state index contributed by atoms with van der Waals surface area (Å²) >= 11 is 0. The molecule has 1 spiro atoms. The van der Waals surface area contributed by atoms with Crippen LogP contribution in [0.15, 0.2) is 18.2 Å². The van der Waals surface area contributed by atoms with Gasteiger partial charge in [0.25, 0.3) is 0 Å². The molecule has 1 aromatic rings. The number of hydrogen-bond donors (Lipinski definition) is 2. The summed E-state index contributed by atoms with van der Waals surface area (Å²) in [6.07, 6.45) is -1.42. The fourth-order valence-electron chi connectivity index (χ4n) is 5.67. The molecule has 2 N–H and O–H groups in total. The molecule has 5 rings (SSSR count). The predicted octanol–water partition coefficient (Wildman–Crippen LogP) is 2.96. The van der Waals surface area contributed by atoms with Gasteiger partial charge in [0, 0.05) is 9.53 Å². The molecule has 2 unspecified atom stereocenters. The second-order valence-electron chi connectivity index (χ2n) is 7.70. The Morgan fingerprint density at radius 3 is 2.96 bits per heavy atom. The molecule has 3 aliphatic carbocycles. The lowest BCUT2D eigenvalue weighted by Gasteiger charge is -2.52. The van der Waals surface area contributed by atoms with Crippen molar-refractivity contribution in [3.05, 3.63) is 29.3 Å². The largest absolute Gasteiger partial charge is 0.508 e. The quantitative estimate of drug-likeness (QED) is 0.765. The van der Waals surface area contributed by atoms with E-state index in [1.54, 1.807) is 0 Å². The van der Waals surface area contributed by atoms with Crippen molar-refractivity contribution < 1.29 is 26.5 Å². The summed E-state index contributed by atoms with van der Waals surface area (Å²) in [4.78, 5) is 0. The van der Waals surface area contributed by atoms with Gasteiger partial charge in [-0.2, -0.15) is 0 Å². The van der Waals surface area contributed by atoms with Crippen LogP contribution in [-0.4, -0.2) is 35.3 Å². The summed E-state index contributed by atoms with van der Waals surface area (Å²) in [6, 6.07) is 0.725. The number of aromatic hydroxyl groups is 1. The lowest BCUT2D eigenvalue weighted by Crippen LogP contribution is -2.54. The van der Waals surface area contributed by atoms with Crippen LogP contribution in [0.3, 0.4) is 0 Å². The maximum atomic E-state index is 10.9. The number of rotatable bonds is 0. The van der Waals surface area contributed by atoms with Crippen molar-refractivity contribution in [2.75, 3.05) is 13.2 Å². The molecule has 0 amide bonds. The van der Waals surface area contributed by atoms with Crippen LogP contribution in [0.4, 0.5) is 0 Å². The van der Waals surface area contributed by atoms with E-state index < -0.39 is 41.2 Å². The van der Waals surface area contributed by atoms with Gasteiger partial charge in [-0.1, -0.05) is 13.0 Å². The summed E-state index contributed by atoms with van der Waals surface area (Å²) in [5, 5.41) is 21.0. The highest BCUT2D eigenvalue weighted by molar-refractivity contribution is 5.40. The third-order valence-corrected chi connectivity index (χ3v) is 6.80. The molecule has 4 aliphatic rings. The normalized spacial score (nSPS) is 50.8. The third kappa shape index (κ3) is 1.74. The van der Waals surface area contributed by atoms with Crippen LogP contribution in [0.5, 0.6) is 5.75 Å². The summed E-state index contributed by atoms with van der Waals surface area (Å²) in [7, 11) is 0. The van der Waals surface area contributed by atoms with Crippen molar-refractivity contribution in [2.45, 2.75) is 56.8 Å². The Labute approximate surface area is 149 Å². The highest BCUT2D eigenvalue weighted by atomic mass is 16.7. The van der Waals surface area contributed by atoms with E-state index in [1.807, 2.05) is 6.92 Å². The number of ether oxygens (including phenoxy) is 2. The minimum Gasteiger partial charge on any atom is -0.508 e. The molecule has 0 radical (unpaired) electrons. The van der Waals surface area contributed by atoms with E-state index in [0.29, 0.717) is 38.0 Å². The van der Waals surface area contributed by atoms with Crippen LogP contribution < -0.4 is 0 Å². The van der Waals surface area contributed by atoms with Gasteiger partial charge >= 0.3 is 0 Å². The first-order valence-electron chi connectivity index (χ1n) is 11.3. The van der Waals surface area contributed by atoms with E-state index in [-0.39, 0.29) is 30.0 Å². The maximum absolute atomic E-state index is 10.9. The van der Waals surface area contributed by atoms with Crippen molar-refractivity contribution in [1.82, 2.24) is 0 Å². The number of benzene rings is 1. The molecule has 24 heavy (non-hydrogen) atoms. The van der Waals surface area contributed by atoms with E-state index >= 15 is 0 Å². The van der Waals surface area contributed by atoms with Crippen molar-refractivity contribution in [3.63, 3.8) is 0 Å². The first kappa shape index (κ1) is 10.8. The average molecular weight is 335 g/mol. The molecule has 4 nitrogen and oxygen atoms in total. The molecule has 2 saturated carbocycles. The number of fused-ring (bicyclic) bond motifs is 6. The van der Waals surface area contributed by atoms with Gasteiger partial charge in [-0.3, -0.25) is 0 Å². The maximum Gasteiger partial charge on any atom is 0.200 e. The zero-order chi connectivity index (χ0) is 21.0. The Bertz CT molecular complexity index is 886. The van der Waals surface area contributed by atoms with E-state index in [2.05, 4.69) is 0 Å². The molecule has 0 bridgehead atoms. The summed E-state index contributed by atoms with van der Waals surface area (Å²) < 4.78 is 54.9. The Morgan fingerprint density at radius 1 is 1.38 bits per heavy atom. The molecule has 5 atom stereocenters. The minimum atomic E-state index is -1.91. The van der Waals surface area contributed by atoms with Gasteiger partial charge in [-0.15, -0.1) is 0 Å². The number of phenolic OH excluding ortho intramolecular Hbond substituents is 1. The second kappa shape index (κ2) is 4.96. The summed E-state index contributed by atoms with van der Waals surface area (Å²) in [6.45, 7) is 2.83. The van der Waals surface area contributed by atoms with Gasteiger partial charge in [0.05, 0.1) is 16.0 Å². The fraction of sp³-hybridized carbons (Fsp3) is 0.700. The topological polar surface area (TPSA) is 58.9 Å². The number of phenols is 1. The molecule has 130 valence electrons. The smallest absolute Gasteiger partial charge is 0.200 e. The van der Waals surface area contributed by atoms with E-state index in [4.69, 9.17) is 15.0 Å². The number of aliphatic hydroxyl groups is 1. The first-order chi connectivity index (χ1) is 13.5. The van der Waals surface area contributed by atoms with Gasteiger partial charge in [-0.25, -0.2) is 0 Å². The lowest BCUT2D eigenvalue weighted by atomic mass is 9.55. The van der Waals surface area contributed by atoms with Gasteiger partial charge in [0.1, 0.15) is 11.9 Å². The zero-order valence-electron chi connectivity index (χ0n) is 18.8. The van der Waals surface area contributed by atoms with E-state index in [1.165, 1.54) is 6.07 Å². The third-order valence-electron chi connectivity index (χ3n) is 6.80. The van der Waals surface area contributed by atoms with Crippen molar-refractivity contribution >= 4 is 0 Å². The average Bonchev–Trinajstić information content (AvgIpc) is 3.22.